The second kappa shape index (κ2) is 7.52. The van der Waals surface area contributed by atoms with Crippen molar-refractivity contribution in [2.75, 3.05) is 13.7 Å². The molecule has 3 aliphatic rings. The number of ketones is 1. The molecule has 164 valence electrons. The number of cyclic esters (lactones) is 1. The van der Waals surface area contributed by atoms with Crippen LogP contribution in [0.2, 0.25) is 0 Å². The van der Waals surface area contributed by atoms with E-state index in [1.54, 1.807) is 18.6 Å². The van der Waals surface area contributed by atoms with E-state index in [1.807, 2.05) is 20.8 Å². The fourth-order valence-corrected chi connectivity index (χ4v) is 6.62. The highest BCUT2D eigenvalue weighted by Crippen LogP contribution is 2.64. The normalized spacial score (nSPS) is 40.9. The van der Waals surface area contributed by atoms with Crippen LogP contribution in [0.1, 0.15) is 58.1 Å². The Balaban J connectivity index is 1.79. The van der Waals surface area contributed by atoms with Crippen molar-refractivity contribution in [1.82, 2.24) is 5.32 Å². The molecule has 1 saturated heterocycles. The maximum atomic E-state index is 13.8. The van der Waals surface area contributed by atoms with E-state index in [0.29, 0.717) is 32.2 Å². The standard InChI is InChI=1S/C23H31NO6/c1-5-24-16-10-15(20(26)28-4)22(2)8-6-14-21(27)30-17(13-7-9-29-12-13)11-23(14,3)19(22)18(16)25/h7,9,12,14-17,19,24H,5-6,8,10-11H2,1-4H3/t14-,15-,16-,17-,19-,22-,23-/m0/s1. The third-order valence-corrected chi connectivity index (χ3v) is 8.00. The van der Waals surface area contributed by atoms with Crippen LogP contribution in [0.5, 0.6) is 0 Å². The first-order chi connectivity index (χ1) is 14.3. The molecule has 0 bridgehead atoms. The van der Waals surface area contributed by atoms with Crippen LogP contribution in [0.4, 0.5) is 0 Å². The molecular weight excluding hydrogens is 386 g/mol. The minimum Gasteiger partial charge on any atom is -0.472 e. The van der Waals surface area contributed by atoms with Crippen molar-refractivity contribution in [3.05, 3.63) is 24.2 Å². The average Bonchev–Trinajstić information content (AvgIpc) is 3.23. The summed E-state index contributed by atoms with van der Waals surface area (Å²) in [5, 5.41) is 3.27. The number of hydrogen-bond donors (Lipinski definition) is 1. The molecule has 1 aliphatic heterocycles. The Bertz CT molecular complexity index is 835. The maximum Gasteiger partial charge on any atom is 0.310 e. The molecule has 0 radical (unpaired) electrons. The number of rotatable bonds is 4. The van der Waals surface area contributed by atoms with Gasteiger partial charge in [-0.3, -0.25) is 14.4 Å². The summed E-state index contributed by atoms with van der Waals surface area (Å²) in [6.07, 6.45) is 4.88. The molecule has 0 unspecified atom stereocenters. The number of likely N-dealkylation sites (N-methyl/N-ethyl adjacent to an activating group) is 1. The molecule has 1 aromatic rings. The summed E-state index contributed by atoms with van der Waals surface area (Å²) in [6, 6.07) is 1.38. The summed E-state index contributed by atoms with van der Waals surface area (Å²) in [6.45, 7) is 6.65. The van der Waals surface area contributed by atoms with Gasteiger partial charge in [-0.2, -0.15) is 0 Å². The highest BCUT2D eigenvalue weighted by molar-refractivity contribution is 5.92. The fraction of sp³-hybridized carbons (Fsp3) is 0.696. The van der Waals surface area contributed by atoms with Crippen LogP contribution in [0.3, 0.4) is 0 Å². The Hall–Kier alpha value is -2.15. The molecule has 0 spiro atoms. The Morgan fingerprint density at radius 2 is 2.07 bits per heavy atom. The summed E-state index contributed by atoms with van der Waals surface area (Å²) in [5.74, 6) is -1.62. The van der Waals surface area contributed by atoms with Gasteiger partial charge in [-0.1, -0.05) is 20.8 Å². The zero-order chi connectivity index (χ0) is 21.7. The summed E-state index contributed by atoms with van der Waals surface area (Å²) >= 11 is 0. The van der Waals surface area contributed by atoms with E-state index in [2.05, 4.69) is 5.32 Å². The molecule has 4 rings (SSSR count). The lowest BCUT2D eigenvalue weighted by atomic mass is 9.43. The van der Waals surface area contributed by atoms with Gasteiger partial charge in [0.25, 0.3) is 0 Å². The van der Waals surface area contributed by atoms with E-state index in [-0.39, 0.29) is 23.6 Å². The number of carbonyl (C=O) groups excluding carboxylic acids is 3. The molecule has 7 heteroatoms. The monoisotopic (exact) mass is 417 g/mol. The summed E-state index contributed by atoms with van der Waals surface area (Å²) in [4.78, 5) is 39.6. The highest BCUT2D eigenvalue weighted by Gasteiger charge is 2.67. The van der Waals surface area contributed by atoms with Gasteiger partial charge in [0.05, 0.1) is 37.5 Å². The van der Waals surface area contributed by atoms with Crippen LogP contribution < -0.4 is 5.32 Å². The van der Waals surface area contributed by atoms with Crippen molar-refractivity contribution in [3.8, 4) is 0 Å². The number of esters is 2. The minimum absolute atomic E-state index is 0.104. The number of nitrogens with one attached hydrogen (secondary N) is 1. The van der Waals surface area contributed by atoms with Crippen molar-refractivity contribution in [2.45, 2.75) is 58.6 Å². The van der Waals surface area contributed by atoms with Crippen LogP contribution >= 0.6 is 0 Å². The van der Waals surface area contributed by atoms with Crippen molar-refractivity contribution in [1.29, 1.82) is 0 Å². The molecule has 1 aromatic heterocycles. The van der Waals surface area contributed by atoms with Gasteiger partial charge in [0.2, 0.25) is 0 Å². The molecule has 0 amide bonds. The first-order valence-electron chi connectivity index (χ1n) is 10.8. The van der Waals surface area contributed by atoms with Gasteiger partial charge in [-0.25, -0.2) is 0 Å². The first-order valence-corrected chi connectivity index (χ1v) is 10.8. The molecule has 1 N–H and O–H groups in total. The predicted molar refractivity (Wildman–Crippen MR) is 107 cm³/mol. The van der Waals surface area contributed by atoms with Crippen LogP contribution in [-0.2, 0) is 23.9 Å². The second-order valence-electron chi connectivity index (χ2n) is 9.55. The van der Waals surface area contributed by atoms with Gasteiger partial charge in [0.15, 0.2) is 5.78 Å². The highest BCUT2D eigenvalue weighted by atomic mass is 16.5. The second-order valence-corrected chi connectivity index (χ2v) is 9.55. The van der Waals surface area contributed by atoms with Crippen molar-refractivity contribution in [2.24, 2.45) is 28.6 Å². The summed E-state index contributed by atoms with van der Waals surface area (Å²) < 4.78 is 16.1. The molecule has 7 nitrogen and oxygen atoms in total. The van der Waals surface area contributed by atoms with Gasteiger partial charge in [-0.15, -0.1) is 0 Å². The molecule has 2 aliphatic carbocycles. The molecular formula is C23H31NO6. The lowest BCUT2D eigenvalue weighted by Crippen LogP contribution is -2.66. The molecule has 0 aromatic carbocycles. The Kier molecular flexibility index (Phi) is 5.29. The van der Waals surface area contributed by atoms with E-state index >= 15 is 0 Å². The van der Waals surface area contributed by atoms with Crippen LogP contribution in [0.15, 0.2) is 23.0 Å². The number of furan rings is 1. The number of Topliss-reactive ketones (excluding diaryl/α,β-unsaturated/α-hetero) is 1. The number of fused-ring (bicyclic) bond motifs is 3. The van der Waals surface area contributed by atoms with E-state index < -0.39 is 34.8 Å². The van der Waals surface area contributed by atoms with Crippen molar-refractivity contribution < 1.29 is 28.3 Å². The maximum absolute atomic E-state index is 13.8. The van der Waals surface area contributed by atoms with Crippen molar-refractivity contribution in [3.63, 3.8) is 0 Å². The Labute approximate surface area is 176 Å². The van der Waals surface area contributed by atoms with E-state index in [1.165, 1.54) is 7.11 Å². The summed E-state index contributed by atoms with van der Waals surface area (Å²) in [7, 11) is 1.40. The SMILES string of the molecule is CCN[C@H]1C[C@@H](C(=O)OC)[C@]2(C)CC[C@H]3C(=O)O[C@H](c4ccoc4)C[C@]3(C)[C@H]2C1=O. The molecule has 3 fully saturated rings. The van der Waals surface area contributed by atoms with Gasteiger partial charge in [0, 0.05) is 11.5 Å². The van der Waals surface area contributed by atoms with Crippen LogP contribution in [0, 0.1) is 28.6 Å². The molecule has 2 heterocycles. The third kappa shape index (κ3) is 3.01. The quantitative estimate of drug-likeness (QED) is 0.753. The third-order valence-electron chi connectivity index (χ3n) is 8.00. The van der Waals surface area contributed by atoms with Crippen LogP contribution in [0.25, 0.3) is 0 Å². The Morgan fingerprint density at radius 3 is 2.70 bits per heavy atom. The lowest BCUT2D eigenvalue weighted by Gasteiger charge is -2.61. The lowest BCUT2D eigenvalue weighted by molar-refractivity contribution is -0.203. The zero-order valence-electron chi connectivity index (χ0n) is 18.1. The Morgan fingerprint density at radius 1 is 1.30 bits per heavy atom. The zero-order valence-corrected chi connectivity index (χ0v) is 18.1. The van der Waals surface area contributed by atoms with Gasteiger partial charge < -0.3 is 19.2 Å². The number of carbonyl (C=O) groups is 3. The topological polar surface area (TPSA) is 94.8 Å². The summed E-state index contributed by atoms with van der Waals surface area (Å²) in [5.41, 5.74) is -0.368. The molecule has 2 saturated carbocycles. The first kappa shape index (κ1) is 21.1. The van der Waals surface area contributed by atoms with Gasteiger partial charge in [0.1, 0.15) is 6.10 Å². The number of ether oxygens (including phenoxy) is 2. The van der Waals surface area contributed by atoms with Crippen LogP contribution in [-0.4, -0.2) is 37.4 Å². The average molecular weight is 418 g/mol. The van der Waals surface area contributed by atoms with Gasteiger partial charge in [-0.05, 0) is 49.1 Å². The fourth-order valence-electron chi connectivity index (χ4n) is 6.62. The smallest absolute Gasteiger partial charge is 0.310 e. The number of hydrogen-bond acceptors (Lipinski definition) is 7. The van der Waals surface area contributed by atoms with E-state index in [4.69, 9.17) is 13.9 Å². The van der Waals surface area contributed by atoms with Crippen molar-refractivity contribution >= 4 is 17.7 Å². The molecule has 30 heavy (non-hydrogen) atoms. The number of methoxy groups -OCH3 is 1. The van der Waals surface area contributed by atoms with Gasteiger partial charge >= 0.3 is 11.9 Å². The van der Waals surface area contributed by atoms with E-state index in [0.717, 1.165) is 5.56 Å². The largest absolute Gasteiger partial charge is 0.472 e. The minimum atomic E-state index is -0.609. The van der Waals surface area contributed by atoms with E-state index in [9.17, 15) is 14.4 Å². The predicted octanol–water partition coefficient (Wildman–Crippen LogP) is 3.05. The molecule has 7 atom stereocenters.